The number of rotatable bonds is 12. The first-order chi connectivity index (χ1) is 18.2. The van der Waals surface area contributed by atoms with Gasteiger partial charge < -0.3 is 10.2 Å². The molecule has 3 rings (SSSR count). The van der Waals surface area contributed by atoms with Crippen LogP contribution < -0.4 is 9.62 Å². The van der Waals surface area contributed by atoms with Gasteiger partial charge in [-0.05, 0) is 55.7 Å². The quantitative estimate of drug-likeness (QED) is 0.322. The van der Waals surface area contributed by atoms with Gasteiger partial charge in [-0.1, -0.05) is 78.7 Å². The number of hydrogen-bond acceptors (Lipinski definition) is 4. The lowest BCUT2D eigenvalue weighted by Crippen LogP contribution is -2.53. The van der Waals surface area contributed by atoms with E-state index in [9.17, 15) is 18.0 Å². The summed E-state index contributed by atoms with van der Waals surface area (Å²) >= 11 is 12.3. The molecule has 0 saturated heterocycles. The zero-order valence-corrected chi connectivity index (χ0v) is 23.6. The Kier molecular flexibility index (Phi) is 10.6. The van der Waals surface area contributed by atoms with Crippen molar-refractivity contribution >= 4 is 50.7 Å². The highest BCUT2D eigenvalue weighted by molar-refractivity contribution is 7.92. The first-order valence-corrected chi connectivity index (χ1v) is 14.5. The number of halogens is 2. The van der Waals surface area contributed by atoms with Crippen molar-refractivity contribution in [1.82, 2.24) is 10.2 Å². The smallest absolute Gasteiger partial charge is 0.264 e. The standard InChI is InChI=1S/C28H31Cl2N3O4S/c1-3-26(28(35)31-4-2)32(18-17-21-11-7-5-8-12-21)27(34)20-33(22-15-16-24(29)25(30)19-22)38(36,37)23-13-9-6-10-14-23/h5-16,19,26H,3-4,17-18,20H2,1-2H3,(H,31,35)/t26-/m0/s1. The van der Waals surface area contributed by atoms with Crippen LogP contribution in [-0.4, -0.2) is 50.8 Å². The maximum Gasteiger partial charge on any atom is 0.264 e. The minimum Gasteiger partial charge on any atom is -0.355 e. The number of carbonyl (C=O) groups is 2. The number of hydrogen-bond donors (Lipinski definition) is 1. The maximum atomic E-state index is 13.9. The lowest BCUT2D eigenvalue weighted by molar-refractivity contribution is -0.139. The van der Waals surface area contributed by atoms with Gasteiger partial charge in [-0.15, -0.1) is 0 Å². The third-order valence-corrected chi connectivity index (χ3v) is 8.55. The molecule has 0 radical (unpaired) electrons. The van der Waals surface area contributed by atoms with Gasteiger partial charge in [-0.25, -0.2) is 8.42 Å². The van der Waals surface area contributed by atoms with Gasteiger partial charge in [0.15, 0.2) is 0 Å². The van der Waals surface area contributed by atoms with Crippen molar-refractivity contribution in [2.45, 2.75) is 37.6 Å². The first kappa shape index (κ1) is 29.5. The van der Waals surface area contributed by atoms with E-state index < -0.39 is 28.5 Å². The second-order valence-electron chi connectivity index (χ2n) is 8.56. The van der Waals surface area contributed by atoms with Gasteiger partial charge in [0.05, 0.1) is 20.6 Å². The second kappa shape index (κ2) is 13.6. The van der Waals surface area contributed by atoms with Crippen LogP contribution in [0.25, 0.3) is 0 Å². The number of anilines is 1. The maximum absolute atomic E-state index is 13.9. The highest BCUT2D eigenvalue weighted by Crippen LogP contribution is 2.30. The van der Waals surface area contributed by atoms with E-state index in [-0.39, 0.29) is 33.1 Å². The molecule has 2 amide bonds. The Balaban J connectivity index is 2.01. The summed E-state index contributed by atoms with van der Waals surface area (Å²) in [6.45, 7) is 3.74. The number of sulfonamides is 1. The van der Waals surface area contributed by atoms with Crippen molar-refractivity contribution in [2.24, 2.45) is 0 Å². The van der Waals surface area contributed by atoms with E-state index in [0.29, 0.717) is 19.4 Å². The Labute approximate surface area is 234 Å². The summed E-state index contributed by atoms with van der Waals surface area (Å²) in [4.78, 5) is 28.3. The van der Waals surface area contributed by atoms with E-state index in [2.05, 4.69) is 5.32 Å². The van der Waals surface area contributed by atoms with Crippen LogP contribution >= 0.6 is 23.2 Å². The highest BCUT2D eigenvalue weighted by atomic mass is 35.5. The number of nitrogens with zero attached hydrogens (tertiary/aromatic N) is 2. The van der Waals surface area contributed by atoms with Crippen LogP contribution in [-0.2, 0) is 26.0 Å². The van der Waals surface area contributed by atoms with Gasteiger partial charge in [-0.3, -0.25) is 13.9 Å². The van der Waals surface area contributed by atoms with Crippen molar-refractivity contribution < 1.29 is 18.0 Å². The van der Waals surface area contributed by atoms with Crippen LogP contribution in [0, 0.1) is 0 Å². The summed E-state index contributed by atoms with van der Waals surface area (Å²) in [5, 5.41) is 3.20. The van der Waals surface area contributed by atoms with E-state index in [1.165, 1.54) is 35.2 Å². The Bertz CT molecular complexity index is 1340. The normalized spacial score (nSPS) is 12.0. The molecule has 38 heavy (non-hydrogen) atoms. The fourth-order valence-electron chi connectivity index (χ4n) is 4.08. The number of nitrogens with one attached hydrogen (secondary N) is 1. The Morgan fingerprint density at radius 1 is 0.895 bits per heavy atom. The van der Waals surface area contributed by atoms with Crippen molar-refractivity contribution in [3.05, 3.63) is 94.5 Å². The molecule has 0 aliphatic rings. The molecule has 1 N–H and O–H groups in total. The summed E-state index contributed by atoms with van der Waals surface area (Å²) in [6.07, 6.45) is 0.866. The summed E-state index contributed by atoms with van der Waals surface area (Å²) in [7, 11) is -4.16. The summed E-state index contributed by atoms with van der Waals surface area (Å²) in [6, 6.07) is 21.1. The van der Waals surface area contributed by atoms with Crippen molar-refractivity contribution in [2.75, 3.05) is 23.9 Å². The SMILES string of the molecule is CCNC(=O)[C@H](CC)N(CCc1ccccc1)C(=O)CN(c1ccc(Cl)c(Cl)c1)S(=O)(=O)c1ccccc1. The van der Waals surface area contributed by atoms with Gasteiger partial charge in [0.2, 0.25) is 11.8 Å². The number of amides is 2. The van der Waals surface area contributed by atoms with Gasteiger partial charge >= 0.3 is 0 Å². The summed E-state index contributed by atoms with van der Waals surface area (Å²) < 4.78 is 28.5. The molecule has 0 aliphatic heterocycles. The predicted molar refractivity (Wildman–Crippen MR) is 152 cm³/mol. The molecule has 0 spiro atoms. The second-order valence-corrected chi connectivity index (χ2v) is 11.2. The topological polar surface area (TPSA) is 86.8 Å². The van der Waals surface area contributed by atoms with Crippen LogP contribution in [0.15, 0.2) is 83.8 Å². The average molecular weight is 577 g/mol. The molecule has 0 fully saturated rings. The zero-order valence-electron chi connectivity index (χ0n) is 21.3. The molecule has 7 nitrogen and oxygen atoms in total. The molecule has 0 aliphatic carbocycles. The molecular weight excluding hydrogens is 545 g/mol. The molecule has 0 saturated carbocycles. The Hall–Kier alpha value is -3.07. The van der Waals surface area contributed by atoms with E-state index in [0.717, 1.165) is 9.87 Å². The van der Waals surface area contributed by atoms with Crippen LogP contribution in [0.1, 0.15) is 25.8 Å². The molecule has 3 aromatic carbocycles. The van der Waals surface area contributed by atoms with Crippen LogP contribution in [0.3, 0.4) is 0 Å². The van der Waals surface area contributed by atoms with Crippen LogP contribution in [0.4, 0.5) is 5.69 Å². The van der Waals surface area contributed by atoms with E-state index in [4.69, 9.17) is 23.2 Å². The van der Waals surface area contributed by atoms with E-state index in [1.807, 2.05) is 37.3 Å². The predicted octanol–water partition coefficient (Wildman–Crippen LogP) is 5.17. The first-order valence-electron chi connectivity index (χ1n) is 12.3. The molecular formula is C28H31Cl2N3O4S. The fourth-order valence-corrected chi connectivity index (χ4v) is 5.80. The minimum atomic E-state index is -4.16. The van der Waals surface area contributed by atoms with Crippen LogP contribution in [0.2, 0.25) is 10.0 Å². The Morgan fingerprint density at radius 3 is 2.11 bits per heavy atom. The molecule has 0 unspecified atom stereocenters. The third kappa shape index (κ3) is 7.28. The van der Waals surface area contributed by atoms with Gasteiger partial charge in [0.25, 0.3) is 10.0 Å². The van der Waals surface area contributed by atoms with E-state index >= 15 is 0 Å². The van der Waals surface area contributed by atoms with Gasteiger partial charge in [-0.2, -0.15) is 0 Å². The molecule has 202 valence electrons. The van der Waals surface area contributed by atoms with Crippen LogP contribution in [0.5, 0.6) is 0 Å². The highest BCUT2D eigenvalue weighted by Gasteiger charge is 2.33. The number of carbonyl (C=O) groups excluding carboxylic acids is 2. The largest absolute Gasteiger partial charge is 0.355 e. The number of benzene rings is 3. The van der Waals surface area contributed by atoms with Gasteiger partial charge in [0.1, 0.15) is 12.6 Å². The average Bonchev–Trinajstić information content (AvgIpc) is 2.92. The molecule has 10 heteroatoms. The monoisotopic (exact) mass is 575 g/mol. The lowest BCUT2D eigenvalue weighted by atomic mass is 10.1. The van der Waals surface area contributed by atoms with Gasteiger partial charge in [0, 0.05) is 13.1 Å². The summed E-state index contributed by atoms with van der Waals surface area (Å²) in [5.74, 6) is -0.798. The number of likely N-dealkylation sites (N-methyl/N-ethyl adjacent to an activating group) is 1. The zero-order chi connectivity index (χ0) is 27.7. The van der Waals surface area contributed by atoms with Crippen molar-refractivity contribution in [1.29, 1.82) is 0 Å². The van der Waals surface area contributed by atoms with E-state index in [1.54, 1.807) is 25.1 Å². The molecule has 1 atom stereocenters. The summed E-state index contributed by atoms with van der Waals surface area (Å²) in [5.41, 5.74) is 1.18. The molecule has 0 aromatic heterocycles. The fraction of sp³-hybridized carbons (Fsp3) is 0.286. The molecule has 0 heterocycles. The molecule has 0 bridgehead atoms. The minimum absolute atomic E-state index is 0.0190. The third-order valence-electron chi connectivity index (χ3n) is 6.02. The van der Waals surface area contributed by atoms with Crippen molar-refractivity contribution in [3.63, 3.8) is 0 Å². The lowest BCUT2D eigenvalue weighted by Gasteiger charge is -2.33. The van der Waals surface area contributed by atoms with Crippen molar-refractivity contribution in [3.8, 4) is 0 Å². The Morgan fingerprint density at radius 2 is 1.53 bits per heavy atom. The molecule has 3 aromatic rings.